The van der Waals surface area contributed by atoms with E-state index in [0.29, 0.717) is 37.2 Å². The van der Waals surface area contributed by atoms with E-state index >= 15 is 0 Å². The molecule has 1 saturated heterocycles. The highest BCUT2D eigenvalue weighted by Crippen LogP contribution is 2.46. The second-order valence-corrected chi connectivity index (χ2v) is 13.4. The van der Waals surface area contributed by atoms with Crippen LogP contribution in [0.25, 0.3) is 0 Å². The monoisotopic (exact) mass is 552 g/mol. The van der Waals surface area contributed by atoms with Crippen molar-refractivity contribution in [1.82, 2.24) is 9.62 Å². The lowest BCUT2D eigenvalue weighted by molar-refractivity contribution is 0.0171. The molecule has 0 radical (unpaired) electrons. The molecule has 2 rings (SSSR count). The van der Waals surface area contributed by atoms with E-state index in [-0.39, 0.29) is 33.7 Å². The van der Waals surface area contributed by atoms with E-state index in [1.54, 1.807) is 17.0 Å². The van der Waals surface area contributed by atoms with Gasteiger partial charge >= 0.3 is 6.09 Å². The molecule has 6 nitrogen and oxygen atoms in total. The molecule has 1 heterocycles. The predicted octanol–water partition coefficient (Wildman–Crippen LogP) is 6.95. The fraction of sp³-hybridized carbons (Fsp3) is 0.625. The molecular weight excluding hydrogens is 519 g/mol. The number of halogens is 3. The van der Waals surface area contributed by atoms with Gasteiger partial charge in [-0.3, -0.25) is 0 Å². The summed E-state index contributed by atoms with van der Waals surface area (Å²) in [5.41, 5.74) is 0.0401. The van der Waals surface area contributed by atoms with Crippen LogP contribution in [0.5, 0.6) is 5.75 Å². The van der Waals surface area contributed by atoms with E-state index in [1.807, 2.05) is 41.5 Å². The molecule has 1 fully saturated rings. The van der Waals surface area contributed by atoms with Gasteiger partial charge in [-0.15, -0.1) is 0 Å². The molecule has 1 aromatic carbocycles. The maximum atomic E-state index is 13.2. The van der Waals surface area contributed by atoms with Crippen LogP contribution in [0.4, 0.5) is 4.79 Å². The molecule has 10 heteroatoms. The standard InChI is InChI=1S/C24H35Cl3N2O4S/c1-8-13-32-17-14-16(25)19(26)20(27)18(17)21(28-34(31)24(5,6)7)15-9-11-29(12-10-15)22(30)33-23(2,3)4/h8,14-15,21,28H,1,9-13H2,2-7H3/t21-,34?/m1/s1. The Balaban J connectivity index is 2.41. The molecule has 34 heavy (non-hydrogen) atoms. The van der Waals surface area contributed by atoms with Crippen molar-refractivity contribution < 1.29 is 18.5 Å². The molecule has 192 valence electrons. The quantitative estimate of drug-likeness (QED) is 0.293. The third-order valence-electron chi connectivity index (χ3n) is 5.28. The van der Waals surface area contributed by atoms with Crippen molar-refractivity contribution in [3.05, 3.63) is 39.4 Å². The minimum absolute atomic E-state index is 0.00538. The van der Waals surface area contributed by atoms with Gasteiger partial charge in [-0.25, -0.2) is 13.7 Å². The number of nitrogens with zero attached hydrogens (tertiary/aromatic N) is 1. The molecule has 1 unspecified atom stereocenters. The molecule has 1 aliphatic heterocycles. The highest BCUT2D eigenvalue weighted by Gasteiger charge is 2.37. The van der Waals surface area contributed by atoms with Crippen molar-refractivity contribution >= 4 is 51.9 Å². The number of carbonyl (C=O) groups excluding carboxylic acids is 1. The minimum atomic E-state index is -1.40. The van der Waals surface area contributed by atoms with Crippen molar-refractivity contribution in [2.45, 2.75) is 70.8 Å². The zero-order chi connectivity index (χ0) is 25.8. The van der Waals surface area contributed by atoms with Crippen molar-refractivity contribution in [2.75, 3.05) is 19.7 Å². The molecule has 0 saturated carbocycles. The lowest BCUT2D eigenvalue weighted by Crippen LogP contribution is -2.45. The third kappa shape index (κ3) is 7.76. The number of benzene rings is 1. The second-order valence-electron chi connectivity index (χ2n) is 10.3. The zero-order valence-electron chi connectivity index (χ0n) is 20.7. The van der Waals surface area contributed by atoms with E-state index < -0.39 is 27.4 Å². The average Bonchev–Trinajstić information content (AvgIpc) is 2.73. The number of ether oxygens (including phenoxy) is 2. The SMILES string of the molecule is C=CCOc1cc(Cl)c(Cl)c(Cl)c1[C@H](NS(=O)C(C)(C)C)C1CCN(C(=O)OC(C)(C)C)CC1. The first-order chi connectivity index (χ1) is 15.7. The minimum Gasteiger partial charge on any atom is -0.489 e. The molecule has 0 aromatic heterocycles. The molecule has 0 spiro atoms. The Hall–Kier alpha value is -0.990. The number of hydrogen-bond acceptors (Lipinski definition) is 4. The summed E-state index contributed by atoms with van der Waals surface area (Å²) < 4.78 is 27.3. The summed E-state index contributed by atoms with van der Waals surface area (Å²) >= 11 is 19.4. The first-order valence-corrected chi connectivity index (χ1v) is 13.5. The van der Waals surface area contributed by atoms with E-state index in [9.17, 15) is 9.00 Å². The summed E-state index contributed by atoms with van der Waals surface area (Å²) in [6, 6.07) is 1.18. The average molecular weight is 554 g/mol. The van der Waals surface area contributed by atoms with Crippen LogP contribution in [0.1, 0.15) is 66.0 Å². The van der Waals surface area contributed by atoms with Crippen LogP contribution >= 0.6 is 34.8 Å². The molecule has 0 aliphatic carbocycles. The Morgan fingerprint density at radius 1 is 1.21 bits per heavy atom. The van der Waals surface area contributed by atoms with Crippen molar-refractivity contribution in [1.29, 1.82) is 0 Å². The lowest BCUT2D eigenvalue weighted by atomic mass is 9.85. The second kappa shape index (κ2) is 11.8. The maximum Gasteiger partial charge on any atom is 0.410 e. The Morgan fingerprint density at radius 2 is 1.79 bits per heavy atom. The summed E-state index contributed by atoms with van der Waals surface area (Å²) in [6.07, 6.45) is 2.58. The lowest BCUT2D eigenvalue weighted by Gasteiger charge is -2.38. The Labute approximate surface area is 220 Å². The van der Waals surface area contributed by atoms with Crippen LogP contribution in [0.2, 0.25) is 15.1 Å². The van der Waals surface area contributed by atoms with E-state index in [2.05, 4.69) is 11.3 Å². The predicted molar refractivity (Wildman–Crippen MR) is 141 cm³/mol. The number of amides is 1. The van der Waals surface area contributed by atoms with Gasteiger partial charge in [-0.2, -0.15) is 0 Å². The fourth-order valence-electron chi connectivity index (χ4n) is 3.57. The van der Waals surface area contributed by atoms with Gasteiger partial charge in [0.15, 0.2) is 0 Å². The van der Waals surface area contributed by atoms with Crippen LogP contribution in [-0.4, -0.2) is 45.2 Å². The summed E-state index contributed by atoms with van der Waals surface area (Å²) in [5, 5.41) is 0.736. The molecule has 2 atom stereocenters. The zero-order valence-corrected chi connectivity index (χ0v) is 23.8. The maximum absolute atomic E-state index is 13.2. The Kier molecular flexibility index (Phi) is 10.2. The van der Waals surface area contributed by atoms with E-state index in [4.69, 9.17) is 44.3 Å². The summed E-state index contributed by atoms with van der Waals surface area (Å²) in [6.45, 7) is 16.2. The highest BCUT2D eigenvalue weighted by atomic mass is 35.5. The van der Waals surface area contributed by atoms with Crippen LogP contribution < -0.4 is 9.46 Å². The number of nitrogens with one attached hydrogen (secondary N) is 1. The van der Waals surface area contributed by atoms with Crippen LogP contribution in [-0.2, 0) is 15.7 Å². The van der Waals surface area contributed by atoms with E-state index in [0.717, 1.165) is 0 Å². The van der Waals surface area contributed by atoms with Crippen LogP contribution in [0.15, 0.2) is 18.7 Å². The molecule has 1 aliphatic rings. The molecule has 1 amide bonds. The van der Waals surface area contributed by atoms with Gasteiger partial charge in [-0.05, 0) is 60.3 Å². The molecular formula is C24H35Cl3N2O4S. The van der Waals surface area contributed by atoms with Gasteiger partial charge < -0.3 is 14.4 Å². The van der Waals surface area contributed by atoms with Gasteiger partial charge in [-0.1, -0.05) is 47.5 Å². The topological polar surface area (TPSA) is 67.9 Å². The van der Waals surface area contributed by atoms with Gasteiger partial charge in [0, 0.05) is 24.7 Å². The summed E-state index contributed by atoms with van der Waals surface area (Å²) in [4.78, 5) is 14.2. The first-order valence-electron chi connectivity index (χ1n) is 11.2. The van der Waals surface area contributed by atoms with Crippen molar-refractivity contribution in [2.24, 2.45) is 5.92 Å². The van der Waals surface area contributed by atoms with E-state index in [1.165, 1.54) is 0 Å². The number of likely N-dealkylation sites (tertiary alicyclic amines) is 1. The third-order valence-corrected chi connectivity index (χ3v) is 8.14. The van der Waals surface area contributed by atoms with Gasteiger partial charge in [0.2, 0.25) is 0 Å². The van der Waals surface area contributed by atoms with Crippen LogP contribution in [0.3, 0.4) is 0 Å². The number of carbonyl (C=O) groups is 1. The molecule has 1 N–H and O–H groups in total. The number of piperidine rings is 1. The first kappa shape index (κ1) is 29.2. The van der Waals surface area contributed by atoms with Gasteiger partial charge in [0.25, 0.3) is 0 Å². The summed E-state index contributed by atoms with van der Waals surface area (Å²) in [7, 11) is -1.40. The fourth-order valence-corrected chi connectivity index (χ4v) is 5.18. The van der Waals surface area contributed by atoms with Gasteiger partial charge in [0.1, 0.15) is 18.0 Å². The number of hydrogen-bond donors (Lipinski definition) is 1. The molecule has 1 aromatic rings. The van der Waals surface area contributed by atoms with Crippen LogP contribution in [0, 0.1) is 5.92 Å². The van der Waals surface area contributed by atoms with Crippen molar-refractivity contribution in [3.63, 3.8) is 0 Å². The van der Waals surface area contributed by atoms with Crippen molar-refractivity contribution in [3.8, 4) is 5.75 Å². The Morgan fingerprint density at radius 3 is 2.29 bits per heavy atom. The Bertz CT molecular complexity index is 920. The highest BCUT2D eigenvalue weighted by molar-refractivity contribution is 7.84. The largest absolute Gasteiger partial charge is 0.489 e. The molecule has 0 bridgehead atoms. The van der Waals surface area contributed by atoms with Gasteiger partial charge in [0.05, 0.1) is 36.8 Å². The summed E-state index contributed by atoms with van der Waals surface area (Å²) in [5.74, 6) is 0.461. The number of rotatable bonds is 7. The normalized spacial score (nSPS) is 17.3. The smallest absolute Gasteiger partial charge is 0.410 e.